The minimum Gasteiger partial charge on any atom is -0.391 e. The summed E-state index contributed by atoms with van der Waals surface area (Å²) in [6.45, 7) is 0.951. The fraction of sp³-hybridized carbons (Fsp3) is 0.556. The largest absolute Gasteiger partial charge is 0.391 e. The molecule has 2 aliphatic rings. The Kier molecular flexibility index (Phi) is 4.36. The van der Waals surface area contributed by atoms with E-state index in [1.165, 1.54) is 5.56 Å². The Morgan fingerprint density at radius 2 is 2.12 bits per heavy atom. The smallest absolute Gasteiger partial charge is 0.225 e. The van der Waals surface area contributed by atoms with Gasteiger partial charge in [-0.2, -0.15) is 5.10 Å². The zero-order valence-electron chi connectivity index (χ0n) is 14.9. The molecular weight excluding hydrogens is 332 g/mol. The van der Waals surface area contributed by atoms with Crippen LogP contribution in [0.15, 0.2) is 12.1 Å². The number of amides is 1. The molecule has 2 aromatic rings. The minimum absolute atomic E-state index is 0.0202. The Balaban J connectivity index is 1.77. The van der Waals surface area contributed by atoms with Crippen molar-refractivity contribution in [3.05, 3.63) is 23.5 Å². The number of hydrogen-bond acceptors (Lipinski definition) is 6. The van der Waals surface area contributed by atoms with Gasteiger partial charge >= 0.3 is 0 Å². The van der Waals surface area contributed by atoms with Crippen LogP contribution in [0.3, 0.4) is 0 Å². The van der Waals surface area contributed by atoms with E-state index in [1.807, 2.05) is 13.1 Å². The third kappa shape index (κ3) is 3.05. The van der Waals surface area contributed by atoms with E-state index in [0.29, 0.717) is 17.3 Å². The fourth-order valence-corrected chi connectivity index (χ4v) is 3.90. The van der Waals surface area contributed by atoms with Gasteiger partial charge in [-0.3, -0.25) is 4.79 Å². The molecule has 0 unspecified atom stereocenters. The number of fused-ring (bicyclic) bond motifs is 1. The summed E-state index contributed by atoms with van der Waals surface area (Å²) < 4.78 is 1.76. The molecule has 3 N–H and O–H groups in total. The number of anilines is 1. The van der Waals surface area contributed by atoms with Crippen molar-refractivity contribution in [1.29, 1.82) is 0 Å². The summed E-state index contributed by atoms with van der Waals surface area (Å²) in [6, 6.07) is 3.87. The second-order valence-electron chi connectivity index (χ2n) is 7.21. The number of likely N-dealkylation sites (N-methyl/N-ethyl adjacent to an activating group) is 1. The van der Waals surface area contributed by atoms with Gasteiger partial charge in [0.25, 0.3) is 0 Å². The third-order valence-corrected chi connectivity index (χ3v) is 5.28. The molecule has 8 heteroatoms. The van der Waals surface area contributed by atoms with Gasteiger partial charge in [-0.25, -0.2) is 14.6 Å². The van der Waals surface area contributed by atoms with Crippen LogP contribution in [0.2, 0.25) is 0 Å². The summed E-state index contributed by atoms with van der Waals surface area (Å²) in [6.07, 6.45) is 4.12. The fourth-order valence-electron chi connectivity index (χ4n) is 3.90. The van der Waals surface area contributed by atoms with Crippen molar-refractivity contribution in [2.45, 2.75) is 50.7 Å². The number of nitrogens with zero attached hydrogens (tertiary/aromatic N) is 5. The van der Waals surface area contributed by atoms with Crippen LogP contribution in [0.1, 0.15) is 43.1 Å². The van der Waals surface area contributed by atoms with E-state index in [0.717, 1.165) is 44.5 Å². The van der Waals surface area contributed by atoms with Crippen LogP contribution in [0, 0.1) is 0 Å². The van der Waals surface area contributed by atoms with E-state index >= 15 is 0 Å². The second-order valence-corrected chi connectivity index (χ2v) is 7.21. The molecule has 0 bridgehead atoms. The van der Waals surface area contributed by atoms with Gasteiger partial charge in [0.15, 0.2) is 11.6 Å². The molecule has 138 valence electrons. The van der Waals surface area contributed by atoms with Crippen LogP contribution in [-0.4, -0.2) is 50.5 Å². The van der Waals surface area contributed by atoms with Gasteiger partial charge in [-0.1, -0.05) is 18.9 Å². The van der Waals surface area contributed by atoms with Crippen molar-refractivity contribution in [2.24, 2.45) is 5.73 Å². The lowest BCUT2D eigenvalue weighted by atomic mass is 9.92. The zero-order valence-corrected chi connectivity index (χ0v) is 14.9. The number of nitrogens with two attached hydrogens (primary N) is 1. The van der Waals surface area contributed by atoms with Gasteiger partial charge in [0, 0.05) is 13.6 Å². The number of aliphatic hydroxyl groups excluding tert-OH is 1. The molecular formula is C18H24N6O2. The number of aliphatic hydroxyl groups is 1. The van der Waals surface area contributed by atoms with Gasteiger partial charge in [0.05, 0.1) is 18.6 Å². The highest BCUT2D eigenvalue weighted by molar-refractivity contribution is 5.75. The normalized spacial score (nSPS) is 22.5. The molecule has 26 heavy (non-hydrogen) atoms. The van der Waals surface area contributed by atoms with E-state index in [2.05, 4.69) is 21.0 Å². The van der Waals surface area contributed by atoms with E-state index in [4.69, 9.17) is 10.7 Å². The van der Waals surface area contributed by atoms with Gasteiger partial charge in [0.1, 0.15) is 11.5 Å². The first-order valence-corrected chi connectivity index (χ1v) is 9.16. The average Bonchev–Trinajstić information content (AvgIpc) is 3.18. The second kappa shape index (κ2) is 6.68. The standard InChI is InChI=1S/C18H24N6O2/c1-23-9-8-11-6-7-12(20-17(11)23)18-21-16(10-15(19)26)22-24(18)13-4-2-3-5-14(13)25/h6-7,13-14,25H,2-5,8-10H2,1H3,(H2,19,26)/t13-,14-/m1/s1. The molecule has 1 saturated carbocycles. The van der Waals surface area contributed by atoms with Crippen LogP contribution >= 0.6 is 0 Å². The maximum absolute atomic E-state index is 11.3. The van der Waals surface area contributed by atoms with Crippen molar-refractivity contribution in [1.82, 2.24) is 19.7 Å². The number of rotatable bonds is 4. The number of pyridine rings is 1. The number of carbonyl (C=O) groups is 1. The maximum Gasteiger partial charge on any atom is 0.225 e. The SMILES string of the molecule is CN1CCc2ccc(-c3nc(CC(N)=O)nn3[C@@H]3CCCC[C@H]3O)nc21. The third-order valence-electron chi connectivity index (χ3n) is 5.28. The Bertz CT molecular complexity index is 833. The van der Waals surface area contributed by atoms with Crippen molar-refractivity contribution < 1.29 is 9.90 Å². The average molecular weight is 356 g/mol. The maximum atomic E-state index is 11.3. The molecule has 8 nitrogen and oxygen atoms in total. The summed E-state index contributed by atoms with van der Waals surface area (Å²) in [4.78, 5) is 22.8. The van der Waals surface area contributed by atoms with Gasteiger partial charge < -0.3 is 15.7 Å². The monoisotopic (exact) mass is 356 g/mol. The summed E-state index contributed by atoms with van der Waals surface area (Å²) >= 11 is 0. The molecule has 0 spiro atoms. The minimum atomic E-state index is -0.473. The molecule has 0 aromatic carbocycles. The van der Waals surface area contributed by atoms with E-state index in [1.54, 1.807) is 4.68 Å². The lowest BCUT2D eigenvalue weighted by molar-refractivity contribution is -0.117. The summed E-state index contributed by atoms with van der Waals surface area (Å²) in [5.74, 6) is 1.45. The molecule has 2 atom stereocenters. The summed E-state index contributed by atoms with van der Waals surface area (Å²) in [5, 5.41) is 15.0. The predicted octanol–water partition coefficient (Wildman–Crippen LogP) is 0.836. The summed E-state index contributed by atoms with van der Waals surface area (Å²) in [7, 11) is 2.02. The molecule has 0 radical (unpaired) electrons. The lowest BCUT2D eigenvalue weighted by Crippen LogP contribution is -2.29. The molecule has 4 rings (SSSR count). The highest BCUT2D eigenvalue weighted by Crippen LogP contribution is 2.33. The number of primary amides is 1. The molecule has 1 amide bonds. The van der Waals surface area contributed by atoms with Crippen LogP contribution < -0.4 is 10.6 Å². The van der Waals surface area contributed by atoms with Crippen molar-refractivity contribution in [2.75, 3.05) is 18.5 Å². The molecule has 1 aliphatic carbocycles. The molecule has 0 saturated heterocycles. The zero-order chi connectivity index (χ0) is 18.3. The highest BCUT2D eigenvalue weighted by Gasteiger charge is 2.30. The number of carbonyl (C=O) groups excluding carboxylic acids is 1. The lowest BCUT2D eigenvalue weighted by Gasteiger charge is -2.28. The van der Waals surface area contributed by atoms with Gasteiger partial charge in [-0.05, 0) is 30.9 Å². The Labute approximate surface area is 152 Å². The number of hydrogen-bond donors (Lipinski definition) is 2. The van der Waals surface area contributed by atoms with Crippen LogP contribution in [-0.2, 0) is 17.6 Å². The van der Waals surface area contributed by atoms with Crippen LogP contribution in [0.25, 0.3) is 11.5 Å². The Morgan fingerprint density at radius 1 is 1.31 bits per heavy atom. The van der Waals surface area contributed by atoms with Crippen molar-refractivity contribution >= 4 is 11.7 Å². The molecule has 2 aromatic heterocycles. The number of aromatic nitrogens is 4. The van der Waals surface area contributed by atoms with Crippen LogP contribution in [0.4, 0.5) is 5.82 Å². The predicted molar refractivity (Wildman–Crippen MR) is 96.6 cm³/mol. The topological polar surface area (TPSA) is 110 Å². The van der Waals surface area contributed by atoms with Gasteiger partial charge in [0.2, 0.25) is 5.91 Å². The van der Waals surface area contributed by atoms with Crippen LogP contribution in [0.5, 0.6) is 0 Å². The molecule has 1 aliphatic heterocycles. The van der Waals surface area contributed by atoms with Crippen molar-refractivity contribution in [3.8, 4) is 11.5 Å². The molecule has 1 fully saturated rings. The first kappa shape index (κ1) is 17.0. The van der Waals surface area contributed by atoms with E-state index < -0.39 is 12.0 Å². The summed E-state index contributed by atoms with van der Waals surface area (Å²) in [5.41, 5.74) is 7.25. The quantitative estimate of drug-likeness (QED) is 0.840. The van der Waals surface area contributed by atoms with E-state index in [9.17, 15) is 9.90 Å². The van der Waals surface area contributed by atoms with Crippen molar-refractivity contribution in [3.63, 3.8) is 0 Å². The highest BCUT2D eigenvalue weighted by atomic mass is 16.3. The Hall–Kier alpha value is -2.48. The first-order chi connectivity index (χ1) is 12.5. The molecule has 3 heterocycles. The van der Waals surface area contributed by atoms with Gasteiger partial charge in [-0.15, -0.1) is 0 Å². The first-order valence-electron chi connectivity index (χ1n) is 9.16. The van der Waals surface area contributed by atoms with E-state index in [-0.39, 0.29) is 12.5 Å². The Morgan fingerprint density at radius 3 is 2.88 bits per heavy atom.